The molecule has 0 spiro atoms. The van der Waals surface area contributed by atoms with Gasteiger partial charge in [0.1, 0.15) is 14.2 Å². The molecule has 1 aromatic rings. The Labute approximate surface area is 37.2 Å². The number of nitrogens with zero attached hydrogens (tertiary/aromatic N) is 1. The Kier molecular flexibility index (Phi) is 0.672. The topological polar surface area (TPSA) is 19.7 Å². The standard InChI is InChI=1S/C3H7BN2/c4-6-2-1-5-3-6/h1-3,5H,4H3. The Morgan fingerprint density at radius 2 is 2.50 bits per heavy atom. The van der Waals surface area contributed by atoms with Crippen molar-refractivity contribution in [3.05, 3.63) is 18.7 Å². The quantitative estimate of drug-likeness (QED) is 0.365. The fourth-order valence-electron chi connectivity index (χ4n) is 0.215. The summed E-state index contributed by atoms with van der Waals surface area (Å²) in [6.07, 6.45) is 5.98. The number of hydrogen-bond acceptors (Lipinski definition) is 0. The monoisotopic (exact) mass is 82.1 g/mol. The summed E-state index contributed by atoms with van der Waals surface area (Å²) in [4.78, 5) is 2.95. The van der Waals surface area contributed by atoms with Crippen LogP contribution in [0.2, 0.25) is 0 Å². The molecule has 0 aliphatic heterocycles. The molecule has 0 saturated heterocycles. The van der Waals surface area contributed by atoms with E-state index in [9.17, 15) is 0 Å². The molecule has 1 aromatic heterocycles. The summed E-state index contributed by atoms with van der Waals surface area (Å²) in [6, 6.07) is 0. The molecule has 0 aliphatic carbocycles. The van der Waals surface area contributed by atoms with Gasteiger partial charge in [0.05, 0.1) is 6.20 Å². The van der Waals surface area contributed by atoms with E-state index in [1.54, 1.807) is 0 Å². The number of H-pyrrole nitrogens is 1. The number of nitrogens with one attached hydrogen (secondary N) is 1. The summed E-state index contributed by atoms with van der Waals surface area (Å²) in [7, 11) is 0.372. The number of imidazole rings is 1. The molecule has 0 fully saturated rings. The first-order chi connectivity index (χ1) is 2.89. The lowest BCUT2D eigenvalue weighted by Gasteiger charge is -1.77. The van der Waals surface area contributed by atoms with E-state index in [1.165, 1.54) is 0 Å². The summed E-state index contributed by atoms with van der Waals surface area (Å²) in [5, 5.41) is 0. The zero-order valence-corrected chi connectivity index (χ0v) is 2.68. The van der Waals surface area contributed by atoms with E-state index >= 15 is 0 Å². The molecule has 0 unspecified atom stereocenters. The highest BCUT2D eigenvalue weighted by Crippen LogP contribution is 1.58. The number of rotatable bonds is 0. The summed E-state index contributed by atoms with van der Waals surface area (Å²) in [5.74, 6) is 0. The van der Waals surface area contributed by atoms with E-state index in [1.807, 2.05) is 12.5 Å². The van der Waals surface area contributed by atoms with Gasteiger partial charge >= 0.3 is 0 Å². The lowest BCUT2D eigenvalue weighted by molar-refractivity contribution is -0.519. The van der Waals surface area contributed by atoms with Crippen LogP contribution in [-0.2, 0) is 0 Å². The second-order valence-corrected chi connectivity index (χ2v) is 0.761. The molecule has 0 atom stereocenters. The van der Waals surface area contributed by atoms with Gasteiger partial charge in [0.2, 0.25) is 0 Å². The zero-order valence-electron chi connectivity index (χ0n) is 2.68. The van der Waals surface area contributed by atoms with E-state index < -0.39 is 0 Å². The summed E-state index contributed by atoms with van der Waals surface area (Å²) < 4.78 is 2.19. The minimum absolute atomic E-state index is 0.372. The van der Waals surface area contributed by atoms with Crippen molar-refractivity contribution >= 4 is 7.98 Å². The van der Waals surface area contributed by atoms with Crippen molar-refractivity contribution in [3.63, 3.8) is 0 Å². The van der Waals surface area contributed by atoms with Crippen LogP contribution in [0.1, 0.15) is 0 Å². The molecule has 0 aromatic carbocycles. The fraction of sp³-hybridized carbons (Fsp3) is 0. The Morgan fingerprint density at radius 3 is 2.67 bits per heavy atom. The van der Waals surface area contributed by atoms with Gasteiger partial charge in [-0.1, -0.05) is 0 Å². The van der Waals surface area contributed by atoms with E-state index in [4.69, 9.17) is 0 Å². The predicted molar refractivity (Wildman–Crippen MR) is 26.3 cm³/mol. The van der Waals surface area contributed by atoms with Crippen LogP contribution in [-0.4, -0.2) is 13.0 Å². The van der Waals surface area contributed by atoms with Gasteiger partial charge in [-0.2, -0.15) is 0 Å². The number of aromatic amines is 1. The molecule has 1 rings (SSSR count). The first-order valence-electron chi connectivity index (χ1n) is 1.43. The van der Waals surface area contributed by atoms with Gasteiger partial charge in [-0.3, -0.25) is 4.98 Å². The zero-order chi connectivity index (χ0) is 4.41. The highest BCUT2D eigenvalue weighted by atomic mass is 14.9. The van der Waals surface area contributed by atoms with E-state index in [0.717, 1.165) is 0 Å². The van der Waals surface area contributed by atoms with Gasteiger partial charge in [0.25, 0.3) is 0 Å². The van der Waals surface area contributed by atoms with Crippen LogP contribution in [0.3, 0.4) is 0 Å². The van der Waals surface area contributed by atoms with Crippen LogP contribution in [0.5, 0.6) is 0 Å². The molecule has 0 amide bonds. The third-order valence-corrected chi connectivity index (χ3v) is 0.406. The molecule has 1 N–H and O–H groups in total. The van der Waals surface area contributed by atoms with Gasteiger partial charge in [0.15, 0.2) is 6.33 Å². The summed E-state index contributed by atoms with van der Waals surface area (Å²) >= 11 is 0. The maximum Gasteiger partial charge on any atom is 0.193 e. The first-order valence-corrected chi connectivity index (χ1v) is 1.43. The van der Waals surface area contributed by atoms with Crippen LogP contribution in [0.4, 0.5) is 0 Å². The molecule has 1 heterocycles. The van der Waals surface area contributed by atoms with Crippen LogP contribution in [0.25, 0.3) is 0 Å². The lowest BCUT2D eigenvalue weighted by atomic mass is 10.4. The maximum atomic E-state index is 2.95. The van der Waals surface area contributed by atoms with E-state index in [0.29, 0.717) is 7.98 Å². The van der Waals surface area contributed by atoms with E-state index in [-0.39, 0.29) is 0 Å². The average molecular weight is 81.9 g/mol. The van der Waals surface area contributed by atoms with Gasteiger partial charge < -0.3 is 4.48 Å². The SMILES string of the molecule is [BH3-][n+]1cc[nH]c1. The highest BCUT2D eigenvalue weighted by molar-refractivity contribution is 5.94. The second kappa shape index (κ2) is 1.16. The lowest BCUT2D eigenvalue weighted by Crippen LogP contribution is -2.26. The minimum atomic E-state index is 0.372. The molecule has 0 saturated carbocycles. The molecule has 32 valence electrons. The Morgan fingerprint density at radius 1 is 1.67 bits per heavy atom. The predicted octanol–water partition coefficient (Wildman–Crippen LogP) is -1.57. The van der Waals surface area contributed by atoms with Crippen molar-refractivity contribution in [1.29, 1.82) is 0 Å². The largest absolute Gasteiger partial charge is 0.444 e. The molecule has 0 aliphatic rings. The van der Waals surface area contributed by atoms with Crippen molar-refractivity contribution in [1.82, 2.24) is 4.98 Å². The smallest absolute Gasteiger partial charge is 0.193 e. The summed E-state index contributed by atoms with van der Waals surface area (Å²) in [6.45, 7) is 0. The van der Waals surface area contributed by atoms with Crippen LogP contribution >= 0.6 is 0 Å². The van der Waals surface area contributed by atoms with Crippen molar-refractivity contribution in [2.24, 2.45) is 0 Å². The van der Waals surface area contributed by atoms with Crippen molar-refractivity contribution in [2.45, 2.75) is 0 Å². The number of aromatic nitrogens is 2. The third-order valence-electron chi connectivity index (χ3n) is 0.406. The Balaban J connectivity index is 3.05. The van der Waals surface area contributed by atoms with Crippen LogP contribution < -0.4 is 4.48 Å². The van der Waals surface area contributed by atoms with Crippen molar-refractivity contribution in [2.75, 3.05) is 0 Å². The average Bonchev–Trinajstić information content (AvgIpc) is 1.86. The van der Waals surface area contributed by atoms with Gasteiger partial charge in [-0.05, 0) is 0 Å². The molecule has 0 radical (unpaired) electrons. The van der Waals surface area contributed by atoms with Crippen molar-refractivity contribution in [3.8, 4) is 0 Å². The molecular weight excluding hydrogens is 74.9 g/mol. The highest BCUT2D eigenvalue weighted by Gasteiger charge is 1.72. The summed E-state index contributed by atoms with van der Waals surface area (Å²) in [5.41, 5.74) is 0. The van der Waals surface area contributed by atoms with Gasteiger partial charge in [-0.25, -0.2) is 0 Å². The van der Waals surface area contributed by atoms with Gasteiger partial charge in [-0.15, -0.1) is 0 Å². The Bertz CT molecular complexity index is 112. The fourth-order valence-corrected chi connectivity index (χ4v) is 0.215. The van der Waals surface area contributed by atoms with E-state index in [2.05, 4.69) is 15.7 Å². The molecule has 2 nitrogen and oxygen atoms in total. The second-order valence-electron chi connectivity index (χ2n) is 0.761. The van der Waals surface area contributed by atoms with Gasteiger partial charge in [0, 0.05) is 0 Å². The normalized spacial score (nSPS) is 8.83. The molecular formula is C3H7BN2. The molecule has 3 heteroatoms. The van der Waals surface area contributed by atoms with Crippen molar-refractivity contribution < 1.29 is 4.48 Å². The first kappa shape index (κ1) is 3.46. The third kappa shape index (κ3) is 0.430. The number of hydrogen-bond donors (Lipinski definition) is 1. The Hall–Kier alpha value is -0.725. The maximum absolute atomic E-state index is 2.95. The minimum Gasteiger partial charge on any atom is -0.444 e. The van der Waals surface area contributed by atoms with Crippen LogP contribution in [0.15, 0.2) is 18.7 Å². The molecule has 6 heavy (non-hydrogen) atoms. The van der Waals surface area contributed by atoms with Crippen LogP contribution in [0, 0.1) is 0 Å². The molecule has 0 bridgehead atoms.